The molecule has 0 aliphatic carbocycles. The van der Waals surface area contributed by atoms with Gasteiger partial charge >= 0.3 is 11.9 Å². The molecule has 1 aliphatic heterocycles. The van der Waals surface area contributed by atoms with Crippen LogP contribution in [-0.2, 0) is 33.8 Å². The number of carboxylic acids is 2. The van der Waals surface area contributed by atoms with E-state index in [1.54, 1.807) is 6.92 Å². The van der Waals surface area contributed by atoms with Gasteiger partial charge in [-0.3, -0.25) is 14.9 Å². The Kier molecular flexibility index (Phi) is 6.84. The third-order valence-electron chi connectivity index (χ3n) is 5.50. The molecule has 2 aromatic carbocycles. The Hall–Kier alpha value is -3.19. The van der Waals surface area contributed by atoms with Crippen LogP contribution in [0.15, 0.2) is 54.6 Å². The van der Waals surface area contributed by atoms with Crippen molar-refractivity contribution in [1.82, 2.24) is 10.2 Å². The van der Waals surface area contributed by atoms with Crippen molar-refractivity contribution in [2.24, 2.45) is 0 Å². The topological polar surface area (TPSA) is 107 Å². The summed E-state index contributed by atoms with van der Waals surface area (Å²) in [5.41, 5.74) is 2.85. The van der Waals surface area contributed by atoms with Crippen molar-refractivity contribution < 1.29 is 24.6 Å². The van der Waals surface area contributed by atoms with E-state index in [-0.39, 0.29) is 13.0 Å². The fourth-order valence-corrected chi connectivity index (χ4v) is 3.83. The first-order valence-electron chi connectivity index (χ1n) is 9.99. The molecule has 2 aromatic rings. The molecular weight excluding hydrogens is 384 g/mol. The Balaban J connectivity index is 1.69. The summed E-state index contributed by atoms with van der Waals surface area (Å²) in [5.74, 6) is -2.52. The zero-order valence-corrected chi connectivity index (χ0v) is 16.8. The minimum absolute atomic E-state index is 0.194. The van der Waals surface area contributed by atoms with Crippen molar-refractivity contribution in [3.8, 4) is 0 Å². The monoisotopic (exact) mass is 410 g/mol. The number of benzene rings is 2. The van der Waals surface area contributed by atoms with Gasteiger partial charge in [0.05, 0.1) is 6.04 Å². The number of hydrogen-bond donors (Lipinski definition) is 3. The van der Waals surface area contributed by atoms with Gasteiger partial charge in [0.2, 0.25) is 5.91 Å². The lowest BCUT2D eigenvalue weighted by atomic mass is 9.93. The van der Waals surface area contributed by atoms with Crippen LogP contribution in [0.25, 0.3) is 0 Å². The molecule has 7 heteroatoms. The predicted molar refractivity (Wildman–Crippen MR) is 111 cm³/mol. The number of carboxylic acid groups (broad SMARTS) is 2. The average molecular weight is 410 g/mol. The Morgan fingerprint density at radius 1 is 1.03 bits per heavy atom. The van der Waals surface area contributed by atoms with Gasteiger partial charge in [0.15, 0.2) is 0 Å². The minimum Gasteiger partial charge on any atom is -0.480 e. The Labute approximate surface area is 175 Å². The standard InChI is InChI=1S/C23H26N2O5/c1-15(24-19(22(27)28)12-11-16-7-3-2-4-8-16)21(26)25-14-18-10-6-5-9-17(18)13-20(25)23(29)30/h2-10,15,19-20,24H,11-14H2,1H3,(H,27,28)(H,29,30)/t15-,19+,20?/m1/s1. The van der Waals surface area contributed by atoms with Crippen molar-refractivity contribution in [2.75, 3.05) is 0 Å². The average Bonchev–Trinajstić information content (AvgIpc) is 2.75. The van der Waals surface area contributed by atoms with Crippen molar-refractivity contribution >= 4 is 17.8 Å². The minimum atomic E-state index is -1.07. The normalized spacial score (nSPS) is 17.6. The SMILES string of the molecule is C[C@@H](N[C@@H](CCc1ccccc1)C(=O)O)C(=O)N1Cc2ccccc2CC1C(=O)O. The molecular formula is C23H26N2O5. The molecule has 0 aromatic heterocycles. The second-order valence-corrected chi connectivity index (χ2v) is 7.60. The number of hydrogen-bond acceptors (Lipinski definition) is 4. The molecule has 158 valence electrons. The molecule has 7 nitrogen and oxygen atoms in total. The van der Waals surface area contributed by atoms with Gasteiger partial charge in [0, 0.05) is 13.0 Å². The molecule has 0 spiro atoms. The van der Waals surface area contributed by atoms with Crippen LogP contribution >= 0.6 is 0 Å². The van der Waals surface area contributed by atoms with E-state index < -0.39 is 36.0 Å². The van der Waals surface area contributed by atoms with Crippen molar-refractivity contribution in [1.29, 1.82) is 0 Å². The molecule has 3 rings (SSSR count). The first-order chi connectivity index (χ1) is 14.4. The van der Waals surface area contributed by atoms with E-state index in [9.17, 15) is 24.6 Å². The molecule has 0 radical (unpaired) electrons. The highest BCUT2D eigenvalue weighted by molar-refractivity contribution is 5.88. The van der Waals surface area contributed by atoms with Crippen LogP contribution in [0.5, 0.6) is 0 Å². The Morgan fingerprint density at radius 3 is 2.30 bits per heavy atom. The van der Waals surface area contributed by atoms with Crippen LogP contribution in [0.4, 0.5) is 0 Å². The summed E-state index contributed by atoms with van der Waals surface area (Å²) in [6, 6.07) is 14.3. The van der Waals surface area contributed by atoms with E-state index in [0.29, 0.717) is 12.8 Å². The third-order valence-corrected chi connectivity index (χ3v) is 5.50. The van der Waals surface area contributed by atoms with Gasteiger partial charge in [-0.1, -0.05) is 54.6 Å². The highest BCUT2D eigenvalue weighted by atomic mass is 16.4. The lowest BCUT2D eigenvalue weighted by Gasteiger charge is -2.36. The summed E-state index contributed by atoms with van der Waals surface area (Å²) in [5, 5.41) is 22.1. The van der Waals surface area contributed by atoms with Gasteiger partial charge in [-0.25, -0.2) is 4.79 Å². The van der Waals surface area contributed by atoms with E-state index in [0.717, 1.165) is 16.7 Å². The summed E-state index contributed by atoms with van der Waals surface area (Å²) in [6.45, 7) is 1.78. The van der Waals surface area contributed by atoms with E-state index in [2.05, 4.69) is 5.32 Å². The van der Waals surface area contributed by atoms with Crippen LogP contribution in [0, 0.1) is 0 Å². The van der Waals surface area contributed by atoms with Crippen LogP contribution in [0.3, 0.4) is 0 Å². The van der Waals surface area contributed by atoms with E-state index in [4.69, 9.17) is 0 Å². The molecule has 0 bridgehead atoms. The van der Waals surface area contributed by atoms with Gasteiger partial charge in [-0.05, 0) is 36.5 Å². The third kappa shape index (κ3) is 5.04. The molecule has 1 unspecified atom stereocenters. The van der Waals surface area contributed by atoms with Crippen LogP contribution < -0.4 is 5.32 Å². The summed E-state index contributed by atoms with van der Waals surface area (Å²) in [4.78, 5) is 37.9. The van der Waals surface area contributed by atoms with Gasteiger partial charge < -0.3 is 15.1 Å². The van der Waals surface area contributed by atoms with Crippen molar-refractivity contribution in [3.05, 3.63) is 71.3 Å². The molecule has 1 amide bonds. The lowest BCUT2D eigenvalue weighted by molar-refractivity contribution is -0.152. The zero-order valence-electron chi connectivity index (χ0n) is 16.8. The molecule has 0 saturated heterocycles. The van der Waals surface area contributed by atoms with Gasteiger partial charge in [-0.2, -0.15) is 0 Å². The van der Waals surface area contributed by atoms with Gasteiger partial charge in [0.25, 0.3) is 0 Å². The molecule has 1 aliphatic rings. The molecule has 1 heterocycles. The lowest BCUT2D eigenvalue weighted by Crippen LogP contribution is -2.56. The summed E-state index contributed by atoms with van der Waals surface area (Å²) in [6.07, 6.45) is 1.11. The van der Waals surface area contributed by atoms with E-state index in [1.807, 2.05) is 54.6 Å². The van der Waals surface area contributed by atoms with E-state index in [1.165, 1.54) is 4.90 Å². The summed E-state index contributed by atoms with van der Waals surface area (Å²) >= 11 is 0. The number of nitrogens with zero attached hydrogens (tertiary/aromatic N) is 1. The maximum atomic E-state index is 13.1. The molecule has 3 atom stereocenters. The smallest absolute Gasteiger partial charge is 0.326 e. The number of carbonyl (C=O) groups is 3. The van der Waals surface area contributed by atoms with Crippen LogP contribution in [0.2, 0.25) is 0 Å². The zero-order chi connectivity index (χ0) is 21.7. The first kappa shape index (κ1) is 21.5. The molecule has 0 saturated carbocycles. The number of amides is 1. The Morgan fingerprint density at radius 2 is 1.67 bits per heavy atom. The van der Waals surface area contributed by atoms with Crippen LogP contribution in [0.1, 0.15) is 30.0 Å². The Bertz CT molecular complexity index is 915. The number of carbonyl (C=O) groups excluding carboxylic acids is 1. The molecule has 30 heavy (non-hydrogen) atoms. The second-order valence-electron chi connectivity index (χ2n) is 7.60. The summed E-state index contributed by atoms with van der Waals surface area (Å²) < 4.78 is 0. The predicted octanol–water partition coefficient (Wildman–Crippen LogP) is 2.09. The van der Waals surface area contributed by atoms with Crippen molar-refractivity contribution in [3.63, 3.8) is 0 Å². The number of rotatable bonds is 8. The van der Waals surface area contributed by atoms with Gasteiger partial charge in [0.1, 0.15) is 12.1 Å². The molecule has 0 fully saturated rings. The van der Waals surface area contributed by atoms with Crippen molar-refractivity contribution in [2.45, 2.75) is 50.9 Å². The fourth-order valence-electron chi connectivity index (χ4n) is 3.83. The highest BCUT2D eigenvalue weighted by Crippen LogP contribution is 2.24. The fraction of sp³-hybridized carbons (Fsp3) is 0.348. The van der Waals surface area contributed by atoms with E-state index >= 15 is 0 Å². The number of aryl methyl sites for hydroxylation is 1. The quantitative estimate of drug-likeness (QED) is 0.615. The highest BCUT2D eigenvalue weighted by Gasteiger charge is 2.37. The number of aliphatic carboxylic acids is 2. The second kappa shape index (κ2) is 9.54. The van der Waals surface area contributed by atoms with Crippen LogP contribution in [-0.4, -0.2) is 51.1 Å². The van der Waals surface area contributed by atoms with Gasteiger partial charge in [-0.15, -0.1) is 0 Å². The number of nitrogens with one attached hydrogen (secondary N) is 1. The first-order valence-corrected chi connectivity index (χ1v) is 9.99. The number of fused-ring (bicyclic) bond motifs is 1. The molecule has 3 N–H and O–H groups in total. The maximum absolute atomic E-state index is 13.1. The maximum Gasteiger partial charge on any atom is 0.326 e. The largest absolute Gasteiger partial charge is 0.480 e. The summed E-state index contributed by atoms with van der Waals surface area (Å²) in [7, 11) is 0.